The fourth-order valence-electron chi connectivity index (χ4n) is 3.59. The van der Waals surface area contributed by atoms with E-state index in [4.69, 9.17) is 21.9 Å². The number of Topliss-reactive ketones (excluding diaryl/α,β-unsaturated/α-hetero) is 1. The number of nitrogens with two attached hydrogens (primary N) is 1. The van der Waals surface area contributed by atoms with E-state index in [2.05, 4.69) is 4.90 Å². The fraction of sp³-hybridized carbons (Fsp3) is 0.435. The number of benzene rings is 2. The van der Waals surface area contributed by atoms with Gasteiger partial charge in [-0.1, -0.05) is 23.7 Å². The average Bonchev–Trinajstić information content (AvgIpc) is 2.76. The third-order valence-electron chi connectivity index (χ3n) is 5.48. The molecule has 33 heavy (non-hydrogen) atoms. The zero-order valence-electron chi connectivity index (χ0n) is 18.3. The minimum atomic E-state index is -3.80. The molecule has 0 aromatic heterocycles. The molecule has 1 fully saturated rings. The quantitative estimate of drug-likeness (QED) is 0.375. The Morgan fingerprint density at radius 1 is 1.09 bits per heavy atom. The lowest BCUT2D eigenvalue weighted by atomic mass is 9.84. The second-order valence-electron chi connectivity index (χ2n) is 7.99. The summed E-state index contributed by atoms with van der Waals surface area (Å²) in [6, 6.07) is 13.1. The smallest absolute Gasteiger partial charge is 0.266 e. The first-order valence-corrected chi connectivity index (χ1v) is 12.7. The monoisotopic (exact) mass is 500 g/mol. The number of nitrogens with zero attached hydrogens (tertiary/aromatic N) is 1. The zero-order valence-corrected chi connectivity index (χ0v) is 19.9. The molecule has 1 saturated heterocycles. The van der Waals surface area contributed by atoms with Gasteiger partial charge in [-0.25, -0.2) is 4.39 Å². The van der Waals surface area contributed by atoms with Gasteiger partial charge in [-0.15, -0.1) is 0 Å². The van der Waals surface area contributed by atoms with Crippen LogP contribution < -0.4 is 5.73 Å². The molecule has 10 heteroatoms. The first-order chi connectivity index (χ1) is 15.5. The average molecular weight is 501 g/mol. The maximum absolute atomic E-state index is 12.9. The highest BCUT2D eigenvalue weighted by molar-refractivity contribution is 7.85. The summed E-state index contributed by atoms with van der Waals surface area (Å²) in [4.78, 5) is 14.4. The number of aliphatic hydroxyl groups is 1. The van der Waals surface area contributed by atoms with E-state index in [1.807, 2.05) is 24.3 Å². The highest BCUT2D eigenvalue weighted by atomic mass is 35.5. The van der Waals surface area contributed by atoms with E-state index in [1.165, 1.54) is 24.3 Å². The first-order valence-electron chi connectivity index (χ1n) is 10.7. The van der Waals surface area contributed by atoms with Gasteiger partial charge in [0, 0.05) is 36.6 Å². The summed E-state index contributed by atoms with van der Waals surface area (Å²) in [6.45, 7) is 2.39. The maximum Gasteiger partial charge on any atom is 0.266 e. The lowest BCUT2D eigenvalue weighted by molar-refractivity contribution is -0.0260. The molecule has 2 aromatic carbocycles. The van der Waals surface area contributed by atoms with Gasteiger partial charge in [0.2, 0.25) is 0 Å². The molecule has 1 aliphatic rings. The summed E-state index contributed by atoms with van der Waals surface area (Å²) in [5.74, 6) is -0.643. The number of likely N-dealkylation sites (tertiary alicyclic amines) is 1. The molecule has 182 valence electrons. The number of hydrogen-bond donors (Lipinski definition) is 3. The fourth-order valence-corrected chi connectivity index (χ4v) is 4.01. The van der Waals surface area contributed by atoms with Crippen molar-refractivity contribution in [1.29, 1.82) is 0 Å². The SMILES string of the molecule is NCCS(=O)(=O)O.O=C(CCCN1CCC(O)(c2ccc(Cl)cc2)CC1)c1ccc(F)cc1. The van der Waals surface area contributed by atoms with Crippen molar-refractivity contribution in [3.63, 3.8) is 0 Å². The number of rotatable bonds is 8. The highest BCUT2D eigenvalue weighted by Gasteiger charge is 2.33. The Morgan fingerprint density at radius 3 is 2.15 bits per heavy atom. The van der Waals surface area contributed by atoms with Crippen LogP contribution in [0.1, 0.15) is 41.6 Å². The lowest BCUT2D eigenvalue weighted by Gasteiger charge is -2.38. The number of ketones is 1. The summed E-state index contributed by atoms with van der Waals surface area (Å²) in [5, 5.41) is 11.5. The van der Waals surface area contributed by atoms with Gasteiger partial charge in [0.25, 0.3) is 10.1 Å². The molecule has 7 nitrogen and oxygen atoms in total. The third-order valence-corrected chi connectivity index (χ3v) is 6.49. The molecule has 0 atom stereocenters. The molecule has 4 N–H and O–H groups in total. The molecule has 0 aliphatic carbocycles. The van der Waals surface area contributed by atoms with Crippen molar-refractivity contribution in [1.82, 2.24) is 4.90 Å². The predicted molar refractivity (Wildman–Crippen MR) is 126 cm³/mol. The molecular weight excluding hydrogens is 471 g/mol. The Labute approximate surface area is 199 Å². The van der Waals surface area contributed by atoms with Crippen LogP contribution in [-0.2, 0) is 15.7 Å². The standard InChI is InChI=1S/C21H23ClFNO2.C2H7NO3S/c22-18-7-5-17(6-8-18)21(26)11-14-24(15-12-21)13-1-2-20(25)16-3-9-19(23)10-4-16;3-1-2-7(4,5)6/h3-10,26H,1-2,11-15H2;1-3H2,(H,4,5,6). The third kappa shape index (κ3) is 9.48. The summed E-state index contributed by atoms with van der Waals surface area (Å²) in [7, 11) is -3.80. The van der Waals surface area contributed by atoms with Crippen LogP contribution in [0.15, 0.2) is 48.5 Å². The summed E-state index contributed by atoms with van der Waals surface area (Å²) in [5.41, 5.74) is 5.44. The molecule has 0 spiro atoms. The van der Waals surface area contributed by atoms with Crippen molar-refractivity contribution in [3.05, 3.63) is 70.5 Å². The Morgan fingerprint density at radius 2 is 1.67 bits per heavy atom. The van der Waals surface area contributed by atoms with Gasteiger partial charge in [0.1, 0.15) is 5.82 Å². The van der Waals surface area contributed by atoms with Gasteiger partial charge in [0.05, 0.1) is 11.4 Å². The van der Waals surface area contributed by atoms with E-state index in [9.17, 15) is 22.7 Å². The molecular formula is C23H30ClFN2O5S. The van der Waals surface area contributed by atoms with E-state index >= 15 is 0 Å². The number of hydrogen-bond acceptors (Lipinski definition) is 6. The minimum Gasteiger partial charge on any atom is -0.385 e. The van der Waals surface area contributed by atoms with Crippen LogP contribution in [0, 0.1) is 5.82 Å². The predicted octanol–water partition coefficient (Wildman–Crippen LogP) is 3.26. The van der Waals surface area contributed by atoms with Gasteiger partial charge in [0.15, 0.2) is 5.78 Å². The van der Waals surface area contributed by atoms with Crippen LogP contribution in [0.25, 0.3) is 0 Å². The molecule has 0 bridgehead atoms. The van der Waals surface area contributed by atoms with E-state index in [1.54, 1.807) is 0 Å². The number of carbonyl (C=O) groups is 1. The maximum atomic E-state index is 12.9. The molecule has 1 heterocycles. The minimum absolute atomic E-state index is 0.0289. The van der Waals surface area contributed by atoms with Crippen molar-refractivity contribution in [2.75, 3.05) is 31.9 Å². The molecule has 0 unspecified atom stereocenters. The molecule has 2 aromatic rings. The Bertz CT molecular complexity index is 993. The molecule has 0 radical (unpaired) electrons. The Hall–Kier alpha value is -1.88. The number of carbonyl (C=O) groups excluding carboxylic acids is 1. The van der Waals surface area contributed by atoms with Crippen molar-refractivity contribution >= 4 is 27.5 Å². The van der Waals surface area contributed by atoms with Crippen LogP contribution in [0.4, 0.5) is 4.39 Å². The van der Waals surface area contributed by atoms with E-state index in [0.717, 1.165) is 31.6 Å². The van der Waals surface area contributed by atoms with Gasteiger partial charge < -0.3 is 15.7 Å². The molecule has 0 amide bonds. The molecule has 3 rings (SSSR count). The van der Waals surface area contributed by atoms with Crippen molar-refractivity contribution in [2.24, 2.45) is 5.73 Å². The van der Waals surface area contributed by atoms with Crippen LogP contribution >= 0.6 is 11.6 Å². The van der Waals surface area contributed by atoms with E-state index in [-0.39, 0.29) is 23.9 Å². The van der Waals surface area contributed by atoms with Crippen molar-refractivity contribution in [2.45, 2.75) is 31.3 Å². The van der Waals surface area contributed by atoms with Crippen LogP contribution in [0.5, 0.6) is 0 Å². The molecule has 1 aliphatic heterocycles. The van der Waals surface area contributed by atoms with Crippen LogP contribution in [0.2, 0.25) is 5.02 Å². The van der Waals surface area contributed by atoms with Crippen molar-refractivity contribution < 1.29 is 27.3 Å². The lowest BCUT2D eigenvalue weighted by Crippen LogP contribution is -2.42. The van der Waals surface area contributed by atoms with Gasteiger partial charge in [-0.2, -0.15) is 8.42 Å². The second-order valence-corrected chi connectivity index (χ2v) is 10.00. The topological polar surface area (TPSA) is 121 Å². The number of piperidine rings is 1. The highest BCUT2D eigenvalue weighted by Crippen LogP contribution is 2.33. The summed E-state index contributed by atoms with van der Waals surface area (Å²) >= 11 is 5.92. The Balaban J connectivity index is 0.000000479. The second kappa shape index (κ2) is 12.5. The Kier molecular flexibility index (Phi) is 10.4. The first kappa shape index (κ1) is 27.4. The molecule has 0 saturated carbocycles. The van der Waals surface area contributed by atoms with Gasteiger partial charge >= 0.3 is 0 Å². The van der Waals surface area contributed by atoms with Crippen LogP contribution in [-0.4, -0.2) is 60.7 Å². The van der Waals surface area contributed by atoms with E-state index in [0.29, 0.717) is 29.8 Å². The number of halogens is 2. The normalized spacial score (nSPS) is 16.0. The largest absolute Gasteiger partial charge is 0.385 e. The van der Waals surface area contributed by atoms with Crippen molar-refractivity contribution in [3.8, 4) is 0 Å². The van der Waals surface area contributed by atoms with Crippen LogP contribution in [0.3, 0.4) is 0 Å². The summed E-state index contributed by atoms with van der Waals surface area (Å²) < 4.78 is 40.2. The summed E-state index contributed by atoms with van der Waals surface area (Å²) in [6.07, 6.45) is 2.54. The van der Waals surface area contributed by atoms with Gasteiger partial charge in [-0.05, 0) is 67.8 Å². The van der Waals surface area contributed by atoms with E-state index < -0.39 is 15.7 Å². The zero-order chi connectivity index (χ0) is 24.5. The van der Waals surface area contributed by atoms with Gasteiger partial charge in [-0.3, -0.25) is 9.35 Å².